The molecule has 0 aromatic rings. The molecule has 1 rings (SSSR count). The van der Waals surface area contributed by atoms with Crippen molar-refractivity contribution < 1.29 is 0 Å². The maximum atomic E-state index is 2.62. The Morgan fingerprint density at radius 1 is 0.875 bits per heavy atom. The minimum atomic E-state index is -0.773. The largest absolute Gasteiger partial charge is 0.180 e. The lowest BCUT2D eigenvalue weighted by Crippen LogP contribution is -2.59. The van der Waals surface area contributed by atoms with Crippen LogP contribution in [0.3, 0.4) is 0 Å². The van der Waals surface area contributed by atoms with E-state index in [0.29, 0.717) is 11.1 Å². The molecule has 0 unspecified atom stereocenters. The highest BCUT2D eigenvalue weighted by atomic mass is 32.3. The molecule has 98 valence electrons. The van der Waals surface area contributed by atoms with E-state index in [1.54, 1.807) is 0 Å². The van der Waals surface area contributed by atoms with Gasteiger partial charge in [-0.05, 0) is 53.0 Å². The molecule has 16 heavy (non-hydrogen) atoms. The predicted molar refractivity (Wildman–Crippen MR) is 79.4 cm³/mol. The van der Waals surface area contributed by atoms with Gasteiger partial charge in [-0.15, -0.1) is 10.4 Å². The summed E-state index contributed by atoms with van der Waals surface area (Å²) < 4.78 is 5.24. The zero-order valence-corrected chi connectivity index (χ0v) is 13.8. The molecular formula is C12H28N2S2. The van der Waals surface area contributed by atoms with Gasteiger partial charge < -0.3 is 0 Å². The second-order valence-electron chi connectivity index (χ2n) is 6.15. The van der Waals surface area contributed by atoms with Crippen molar-refractivity contribution in [1.82, 2.24) is 7.42 Å². The Morgan fingerprint density at radius 2 is 1.19 bits per heavy atom. The molecule has 1 heterocycles. The third-order valence-electron chi connectivity index (χ3n) is 3.68. The summed E-state index contributed by atoms with van der Waals surface area (Å²) in [7, 11) is -0.773. The molecule has 0 radical (unpaired) electrons. The van der Waals surface area contributed by atoms with Crippen molar-refractivity contribution in [3.8, 4) is 0 Å². The van der Waals surface area contributed by atoms with Gasteiger partial charge in [0.25, 0.3) is 0 Å². The fraction of sp³-hybridized carbons (Fsp3) is 1.00. The molecule has 0 aromatic carbocycles. The Kier molecular flexibility index (Phi) is 4.02. The molecule has 0 aromatic heterocycles. The molecule has 2 nitrogen and oxygen atoms in total. The maximum absolute atomic E-state index is 2.62. The van der Waals surface area contributed by atoms with Crippen LogP contribution in [0.2, 0.25) is 0 Å². The van der Waals surface area contributed by atoms with Gasteiger partial charge in [-0.25, -0.2) is 0 Å². The first-order valence-corrected chi connectivity index (χ1v) is 9.21. The summed E-state index contributed by atoms with van der Waals surface area (Å²) in [6.45, 7) is 14.0. The molecule has 0 spiro atoms. The van der Waals surface area contributed by atoms with Crippen molar-refractivity contribution in [1.29, 1.82) is 0 Å². The van der Waals surface area contributed by atoms with Gasteiger partial charge in [-0.3, -0.25) is 0 Å². The van der Waals surface area contributed by atoms with Crippen molar-refractivity contribution in [2.75, 3.05) is 12.5 Å². The van der Waals surface area contributed by atoms with Gasteiger partial charge in [-0.2, -0.15) is 7.42 Å². The van der Waals surface area contributed by atoms with E-state index in [1.807, 2.05) is 12.1 Å². The van der Waals surface area contributed by atoms with Gasteiger partial charge in [0, 0.05) is 23.2 Å². The van der Waals surface area contributed by atoms with Crippen LogP contribution in [-0.4, -0.2) is 31.0 Å². The van der Waals surface area contributed by atoms with E-state index in [0.717, 1.165) is 0 Å². The summed E-state index contributed by atoms with van der Waals surface area (Å²) in [6, 6.07) is 0. The van der Waals surface area contributed by atoms with E-state index in [2.05, 4.69) is 61.5 Å². The molecule has 4 heteroatoms. The van der Waals surface area contributed by atoms with Crippen LogP contribution in [-0.2, 0) is 0 Å². The Bertz CT molecular complexity index is 238. The van der Waals surface area contributed by atoms with Crippen LogP contribution in [0, 0.1) is 0 Å². The first-order chi connectivity index (χ1) is 7.09. The minimum Gasteiger partial charge on any atom is -0.180 e. The average Bonchev–Trinajstić information content (AvgIpc) is 2.15. The molecule has 1 fully saturated rings. The summed E-state index contributed by atoms with van der Waals surface area (Å²) in [6.07, 6.45) is 7.24. The summed E-state index contributed by atoms with van der Waals surface area (Å²) >= 11 is 1.95. The Labute approximate surface area is 108 Å². The molecule has 0 N–H and O–H groups in total. The highest BCUT2D eigenvalue weighted by Gasteiger charge is 2.53. The molecule has 0 amide bonds. The molecule has 0 saturated carbocycles. The predicted octanol–water partition coefficient (Wildman–Crippen LogP) is 4.44. The number of rotatable bonds is 4. The third-order valence-corrected chi connectivity index (χ3v) is 10.2. The smallest absolute Gasteiger partial charge is 0.0375 e. The number of hydrogen-bond acceptors (Lipinski definition) is 3. The van der Waals surface area contributed by atoms with Crippen molar-refractivity contribution in [3.63, 3.8) is 0 Å². The monoisotopic (exact) mass is 264 g/mol. The Balaban J connectivity index is 2.82. The fourth-order valence-electron chi connectivity index (χ4n) is 1.96. The van der Waals surface area contributed by atoms with Gasteiger partial charge in [0.1, 0.15) is 0 Å². The van der Waals surface area contributed by atoms with E-state index in [4.69, 9.17) is 0 Å². The van der Waals surface area contributed by atoms with Crippen molar-refractivity contribution in [2.24, 2.45) is 0 Å². The highest BCUT2D eigenvalue weighted by molar-refractivity contribution is 8.44. The van der Waals surface area contributed by atoms with Crippen LogP contribution < -0.4 is 0 Å². The van der Waals surface area contributed by atoms with Crippen LogP contribution in [0.15, 0.2) is 0 Å². The van der Waals surface area contributed by atoms with E-state index in [-0.39, 0.29) is 0 Å². The molecule has 0 aliphatic carbocycles. The van der Waals surface area contributed by atoms with Crippen LogP contribution in [0.4, 0.5) is 0 Å². The quantitative estimate of drug-likeness (QED) is 0.693. The number of nitrogens with zero attached hydrogens (tertiary/aromatic N) is 2. The van der Waals surface area contributed by atoms with Crippen LogP contribution in [0.5, 0.6) is 0 Å². The molecule has 1 aliphatic heterocycles. The second-order valence-corrected chi connectivity index (χ2v) is 10.7. The zero-order valence-electron chi connectivity index (χ0n) is 12.1. The lowest BCUT2D eigenvalue weighted by atomic mass is 10.0. The van der Waals surface area contributed by atoms with Crippen molar-refractivity contribution in [3.05, 3.63) is 0 Å². The summed E-state index contributed by atoms with van der Waals surface area (Å²) in [5, 5.41) is 0. The van der Waals surface area contributed by atoms with E-state index in [9.17, 15) is 0 Å². The van der Waals surface area contributed by atoms with Gasteiger partial charge in [0.2, 0.25) is 0 Å². The van der Waals surface area contributed by atoms with Crippen LogP contribution in [0.1, 0.15) is 54.4 Å². The second kappa shape index (κ2) is 4.38. The first-order valence-electron chi connectivity index (χ1n) is 6.12. The van der Waals surface area contributed by atoms with Gasteiger partial charge in [0.05, 0.1) is 0 Å². The maximum Gasteiger partial charge on any atom is 0.0375 e. The topological polar surface area (TPSA) is 6.48 Å². The summed E-state index contributed by atoms with van der Waals surface area (Å²) in [4.78, 5) is 0. The summed E-state index contributed by atoms with van der Waals surface area (Å²) in [5.41, 5.74) is 0.619. The number of hydrogen-bond donors (Lipinski definition) is 0. The summed E-state index contributed by atoms with van der Waals surface area (Å²) in [5.74, 6) is 0. The van der Waals surface area contributed by atoms with Crippen molar-refractivity contribution in [2.45, 2.75) is 65.5 Å². The van der Waals surface area contributed by atoms with Gasteiger partial charge in [0.15, 0.2) is 0 Å². The van der Waals surface area contributed by atoms with E-state index < -0.39 is 10.4 Å². The molecular weight excluding hydrogens is 236 g/mol. The SMILES string of the molecule is CCC(C)(C)N1SN(C(C)(C)CC)S1(C)C. The molecule has 0 bridgehead atoms. The minimum absolute atomic E-state index is 0.309. The average molecular weight is 265 g/mol. The van der Waals surface area contributed by atoms with E-state index in [1.165, 1.54) is 12.8 Å². The van der Waals surface area contributed by atoms with Crippen molar-refractivity contribution >= 4 is 22.5 Å². The normalized spacial score (nSPS) is 25.2. The van der Waals surface area contributed by atoms with Gasteiger partial charge >= 0.3 is 0 Å². The lowest BCUT2D eigenvalue weighted by Gasteiger charge is -2.68. The zero-order chi connectivity index (χ0) is 12.8. The lowest BCUT2D eigenvalue weighted by molar-refractivity contribution is 0.270. The Hall–Kier alpha value is 0.620. The van der Waals surface area contributed by atoms with Crippen LogP contribution in [0.25, 0.3) is 0 Å². The highest BCUT2D eigenvalue weighted by Crippen LogP contribution is 2.71. The standard InChI is InChI=1S/C12H28N2S2/c1-9-11(3,4)13-15-14(16(13,7)8)12(5,6)10-2/h9-10H2,1-8H3. The van der Waals surface area contributed by atoms with Gasteiger partial charge in [-0.1, -0.05) is 13.8 Å². The molecule has 1 aliphatic rings. The first kappa shape index (κ1) is 14.7. The van der Waals surface area contributed by atoms with Crippen LogP contribution >= 0.6 is 22.5 Å². The fourth-order valence-corrected chi connectivity index (χ4v) is 7.29. The molecule has 0 atom stereocenters. The Morgan fingerprint density at radius 3 is 1.38 bits per heavy atom. The third kappa shape index (κ3) is 2.26. The molecule has 1 saturated heterocycles. The van der Waals surface area contributed by atoms with E-state index >= 15 is 0 Å².